The van der Waals surface area contributed by atoms with E-state index in [0.717, 1.165) is 10.8 Å². The van der Waals surface area contributed by atoms with Gasteiger partial charge in [-0.05, 0) is 6.07 Å². The number of hydrogen-bond donors (Lipinski definition) is 1. The third-order valence-corrected chi connectivity index (χ3v) is 2.08. The van der Waals surface area contributed by atoms with Crippen molar-refractivity contribution < 1.29 is 0 Å². The van der Waals surface area contributed by atoms with Crippen molar-refractivity contribution in [3.8, 4) is 0 Å². The molecule has 0 aliphatic heterocycles. The van der Waals surface area contributed by atoms with Gasteiger partial charge < -0.3 is 5.73 Å². The van der Waals surface area contributed by atoms with Gasteiger partial charge in [0.2, 0.25) is 0 Å². The average molecular weight is 209 g/mol. The van der Waals surface area contributed by atoms with Crippen LogP contribution in [-0.2, 0) is 0 Å². The predicted molar refractivity (Wildman–Crippen MR) is 62.5 cm³/mol. The van der Waals surface area contributed by atoms with Crippen LogP contribution in [0.3, 0.4) is 0 Å². The minimum atomic E-state index is 0.623. The molecule has 1 heterocycles. The molecule has 0 amide bonds. The van der Waals surface area contributed by atoms with Crippen LogP contribution in [0.5, 0.6) is 0 Å². The van der Waals surface area contributed by atoms with Gasteiger partial charge in [-0.2, -0.15) is 0 Å². The third-order valence-electron chi connectivity index (χ3n) is 1.76. The molecular formula is C11H13ClN2. The van der Waals surface area contributed by atoms with Crippen LogP contribution in [0, 0.1) is 0 Å². The third kappa shape index (κ3) is 1.96. The van der Waals surface area contributed by atoms with Crippen molar-refractivity contribution in [1.82, 2.24) is 4.98 Å². The highest BCUT2D eigenvalue weighted by molar-refractivity contribution is 6.36. The average Bonchev–Trinajstić information content (AvgIpc) is 2.21. The van der Waals surface area contributed by atoms with E-state index in [1.807, 2.05) is 32.0 Å². The summed E-state index contributed by atoms with van der Waals surface area (Å²) in [5.74, 6) is 0. The van der Waals surface area contributed by atoms with E-state index in [0.29, 0.717) is 10.7 Å². The van der Waals surface area contributed by atoms with Crippen LogP contribution in [-0.4, -0.2) is 4.98 Å². The fourth-order valence-corrected chi connectivity index (χ4v) is 1.51. The molecule has 2 rings (SSSR count). The maximum Gasteiger partial charge on any atom is 0.0595 e. The SMILES string of the molecule is CC.Nc1cncc2cccc(Cl)c12. The van der Waals surface area contributed by atoms with Crippen LogP contribution in [0.1, 0.15) is 13.8 Å². The quantitative estimate of drug-likeness (QED) is 0.720. The number of anilines is 1. The van der Waals surface area contributed by atoms with Gasteiger partial charge in [0, 0.05) is 17.0 Å². The Morgan fingerprint density at radius 1 is 1.21 bits per heavy atom. The van der Waals surface area contributed by atoms with Crippen LogP contribution < -0.4 is 5.73 Å². The monoisotopic (exact) mass is 208 g/mol. The minimum Gasteiger partial charge on any atom is -0.397 e. The summed E-state index contributed by atoms with van der Waals surface area (Å²) in [5, 5.41) is 2.53. The Balaban J connectivity index is 0.000000461. The van der Waals surface area contributed by atoms with Crippen molar-refractivity contribution in [3.63, 3.8) is 0 Å². The largest absolute Gasteiger partial charge is 0.397 e. The molecule has 0 unspecified atom stereocenters. The number of fused-ring (bicyclic) bond motifs is 1. The maximum absolute atomic E-state index is 5.95. The molecule has 0 saturated heterocycles. The van der Waals surface area contributed by atoms with Crippen LogP contribution in [0.4, 0.5) is 5.69 Å². The summed E-state index contributed by atoms with van der Waals surface area (Å²) in [6, 6.07) is 5.64. The summed E-state index contributed by atoms with van der Waals surface area (Å²) in [6.07, 6.45) is 3.35. The number of pyridine rings is 1. The van der Waals surface area contributed by atoms with E-state index < -0.39 is 0 Å². The van der Waals surface area contributed by atoms with Crippen molar-refractivity contribution in [1.29, 1.82) is 0 Å². The molecule has 0 fully saturated rings. The molecule has 0 aliphatic rings. The van der Waals surface area contributed by atoms with E-state index in [1.165, 1.54) is 0 Å². The Bertz CT molecular complexity index is 390. The van der Waals surface area contributed by atoms with E-state index in [2.05, 4.69) is 4.98 Å². The summed E-state index contributed by atoms with van der Waals surface area (Å²) in [7, 11) is 0. The van der Waals surface area contributed by atoms with E-state index in [-0.39, 0.29) is 0 Å². The predicted octanol–water partition coefficient (Wildman–Crippen LogP) is 3.50. The number of nitrogens with zero attached hydrogens (tertiary/aromatic N) is 1. The minimum absolute atomic E-state index is 0.623. The number of benzene rings is 1. The molecule has 0 aliphatic carbocycles. The topological polar surface area (TPSA) is 38.9 Å². The summed E-state index contributed by atoms with van der Waals surface area (Å²) in [5.41, 5.74) is 6.33. The molecule has 2 aromatic rings. The highest BCUT2D eigenvalue weighted by Crippen LogP contribution is 2.26. The van der Waals surface area contributed by atoms with Gasteiger partial charge in [0.25, 0.3) is 0 Å². The van der Waals surface area contributed by atoms with Crippen molar-refractivity contribution in [2.24, 2.45) is 0 Å². The second-order valence-electron chi connectivity index (χ2n) is 2.57. The molecule has 14 heavy (non-hydrogen) atoms. The van der Waals surface area contributed by atoms with Gasteiger partial charge in [0.15, 0.2) is 0 Å². The van der Waals surface area contributed by atoms with Gasteiger partial charge in [0.05, 0.1) is 16.9 Å². The number of nitrogen functional groups attached to an aromatic ring is 1. The zero-order chi connectivity index (χ0) is 10.6. The van der Waals surface area contributed by atoms with Crippen LogP contribution >= 0.6 is 11.6 Å². The highest BCUT2D eigenvalue weighted by atomic mass is 35.5. The summed E-state index contributed by atoms with van der Waals surface area (Å²) in [4.78, 5) is 3.97. The molecule has 0 bridgehead atoms. The zero-order valence-corrected chi connectivity index (χ0v) is 9.05. The van der Waals surface area contributed by atoms with Gasteiger partial charge in [0.1, 0.15) is 0 Å². The van der Waals surface area contributed by atoms with E-state index in [1.54, 1.807) is 12.4 Å². The van der Waals surface area contributed by atoms with Crippen molar-refractivity contribution >= 4 is 28.1 Å². The lowest BCUT2D eigenvalue weighted by atomic mass is 10.1. The van der Waals surface area contributed by atoms with Crippen molar-refractivity contribution in [3.05, 3.63) is 35.6 Å². The molecule has 1 aromatic carbocycles. The first-order valence-electron chi connectivity index (χ1n) is 4.57. The molecule has 0 atom stereocenters. The number of hydrogen-bond acceptors (Lipinski definition) is 2. The number of aromatic nitrogens is 1. The van der Waals surface area contributed by atoms with Crippen LogP contribution in [0.15, 0.2) is 30.6 Å². The first kappa shape index (κ1) is 10.8. The standard InChI is InChI=1S/C9H7ClN2.C2H6/c10-7-3-1-2-6-4-12-5-8(11)9(6)7;1-2/h1-5H,11H2;1-2H3. The molecule has 0 radical (unpaired) electrons. The molecule has 2 N–H and O–H groups in total. The first-order chi connectivity index (χ1) is 6.79. The Labute approximate surface area is 88.7 Å². The van der Waals surface area contributed by atoms with Gasteiger partial charge in [-0.1, -0.05) is 37.6 Å². The molecule has 0 spiro atoms. The van der Waals surface area contributed by atoms with Gasteiger partial charge >= 0.3 is 0 Å². The summed E-state index contributed by atoms with van der Waals surface area (Å²) < 4.78 is 0. The van der Waals surface area contributed by atoms with Gasteiger partial charge in [-0.25, -0.2) is 0 Å². The van der Waals surface area contributed by atoms with Gasteiger partial charge in [-0.3, -0.25) is 4.98 Å². The van der Waals surface area contributed by atoms with Crippen molar-refractivity contribution in [2.75, 3.05) is 5.73 Å². The normalized spacial score (nSPS) is 9.36. The molecule has 74 valence electrons. The Morgan fingerprint density at radius 2 is 1.93 bits per heavy atom. The fourth-order valence-electron chi connectivity index (χ4n) is 1.22. The first-order valence-corrected chi connectivity index (χ1v) is 4.94. The Kier molecular flexibility index (Phi) is 3.72. The maximum atomic E-state index is 5.95. The molecule has 1 aromatic heterocycles. The number of nitrogens with two attached hydrogens (primary N) is 1. The van der Waals surface area contributed by atoms with Crippen molar-refractivity contribution in [2.45, 2.75) is 13.8 Å². The molecule has 0 saturated carbocycles. The van der Waals surface area contributed by atoms with Gasteiger partial charge in [-0.15, -0.1) is 0 Å². The molecule has 2 nitrogen and oxygen atoms in total. The van der Waals surface area contributed by atoms with E-state index in [9.17, 15) is 0 Å². The van der Waals surface area contributed by atoms with E-state index >= 15 is 0 Å². The highest BCUT2D eigenvalue weighted by Gasteiger charge is 2.00. The van der Waals surface area contributed by atoms with E-state index in [4.69, 9.17) is 17.3 Å². The second-order valence-corrected chi connectivity index (χ2v) is 2.97. The smallest absolute Gasteiger partial charge is 0.0595 e. The zero-order valence-electron chi connectivity index (χ0n) is 8.29. The molecular weight excluding hydrogens is 196 g/mol. The fraction of sp³-hybridized carbons (Fsp3) is 0.182. The van der Waals surface area contributed by atoms with Crippen LogP contribution in [0.2, 0.25) is 5.02 Å². The lowest BCUT2D eigenvalue weighted by Crippen LogP contribution is -1.88. The Hall–Kier alpha value is -1.28. The molecule has 3 heteroatoms. The summed E-state index contributed by atoms with van der Waals surface area (Å²) in [6.45, 7) is 4.00. The number of rotatable bonds is 0. The second kappa shape index (κ2) is 4.82. The summed E-state index contributed by atoms with van der Waals surface area (Å²) >= 11 is 5.95. The number of halogens is 1. The Morgan fingerprint density at radius 3 is 2.57 bits per heavy atom. The lowest BCUT2D eigenvalue weighted by Gasteiger charge is -2.01. The van der Waals surface area contributed by atoms with Crippen LogP contribution in [0.25, 0.3) is 10.8 Å². The lowest BCUT2D eigenvalue weighted by molar-refractivity contribution is 1.37.